The molecule has 3 aromatic rings. The molecule has 0 aliphatic rings. The van der Waals surface area contributed by atoms with Gasteiger partial charge in [0.2, 0.25) is 0 Å². The third kappa shape index (κ3) is 4.39. The zero-order chi connectivity index (χ0) is 19.4. The number of hydrogen-bond donors (Lipinski definition) is 1. The van der Waals surface area contributed by atoms with Gasteiger partial charge < -0.3 is 10.1 Å². The number of hydrogen-bond acceptors (Lipinski definition) is 4. The highest BCUT2D eigenvalue weighted by Crippen LogP contribution is 2.34. The molecule has 0 saturated carbocycles. The molecular formula is C19H12ClFN2O4. The highest BCUT2D eigenvalue weighted by Gasteiger charge is 2.16. The van der Waals surface area contributed by atoms with Crippen molar-refractivity contribution in [2.45, 2.75) is 0 Å². The topological polar surface area (TPSA) is 81.5 Å². The average Bonchev–Trinajstić information content (AvgIpc) is 2.65. The van der Waals surface area contributed by atoms with E-state index in [1.165, 1.54) is 36.4 Å². The monoisotopic (exact) mass is 386 g/mol. The highest BCUT2D eigenvalue weighted by atomic mass is 35.5. The van der Waals surface area contributed by atoms with E-state index in [-0.39, 0.29) is 27.8 Å². The molecule has 6 nitrogen and oxygen atoms in total. The van der Waals surface area contributed by atoms with E-state index in [0.717, 1.165) is 6.07 Å². The van der Waals surface area contributed by atoms with Gasteiger partial charge in [-0.1, -0.05) is 23.7 Å². The van der Waals surface area contributed by atoms with Crippen molar-refractivity contribution in [3.63, 3.8) is 0 Å². The SMILES string of the molecule is O=C(Nc1ccc(F)cc1)c1ccccc1Oc1ccc([N+](=O)[O-])cc1Cl. The maximum Gasteiger partial charge on any atom is 0.271 e. The lowest BCUT2D eigenvalue weighted by atomic mass is 10.1. The number of nitrogens with one attached hydrogen (secondary N) is 1. The lowest BCUT2D eigenvalue weighted by molar-refractivity contribution is -0.384. The van der Waals surface area contributed by atoms with Gasteiger partial charge in [-0.3, -0.25) is 14.9 Å². The molecule has 27 heavy (non-hydrogen) atoms. The van der Waals surface area contributed by atoms with Crippen molar-refractivity contribution in [3.8, 4) is 11.5 Å². The second-order valence-corrected chi connectivity index (χ2v) is 5.84. The van der Waals surface area contributed by atoms with Crippen LogP contribution in [0, 0.1) is 15.9 Å². The number of carbonyl (C=O) groups is 1. The van der Waals surface area contributed by atoms with Crippen molar-refractivity contribution in [1.29, 1.82) is 0 Å². The molecule has 3 aromatic carbocycles. The van der Waals surface area contributed by atoms with Gasteiger partial charge in [0.25, 0.3) is 11.6 Å². The molecule has 1 amide bonds. The minimum Gasteiger partial charge on any atom is -0.455 e. The Morgan fingerprint density at radius 1 is 1.04 bits per heavy atom. The number of para-hydroxylation sites is 1. The van der Waals surface area contributed by atoms with Crippen LogP contribution in [0.3, 0.4) is 0 Å². The van der Waals surface area contributed by atoms with Crippen LogP contribution in [0.25, 0.3) is 0 Å². The first kappa shape index (κ1) is 18.3. The van der Waals surface area contributed by atoms with Gasteiger partial charge in [0, 0.05) is 17.8 Å². The fourth-order valence-corrected chi connectivity index (χ4v) is 2.49. The lowest BCUT2D eigenvalue weighted by Crippen LogP contribution is -2.13. The fraction of sp³-hybridized carbons (Fsp3) is 0. The van der Waals surface area contributed by atoms with Crippen LogP contribution in [-0.4, -0.2) is 10.8 Å². The molecule has 0 heterocycles. The minimum absolute atomic E-state index is 0.0398. The van der Waals surface area contributed by atoms with E-state index in [1.807, 2.05) is 0 Å². The Labute approximate surface area is 158 Å². The number of nitro groups is 1. The quantitative estimate of drug-likeness (QED) is 0.468. The number of nitrogens with zero attached hydrogens (tertiary/aromatic N) is 1. The van der Waals surface area contributed by atoms with Crippen molar-refractivity contribution in [2.24, 2.45) is 0 Å². The predicted molar refractivity (Wildman–Crippen MR) is 99.0 cm³/mol. The molecule has 3 rings (SSSR count). The van der Waals surface area contributed by atoms with E-state index in [1.54, 1.807) is 24.3 Å². The van der Waals surface area contributed by atoms with E-state index in [9.17, 15) is 19.3 Å². The molecule has 0 spiro atoms. The lowest BCUT2D eigenvalue weighted by Gasteiger charge is -2.12. The first-order valence-corrected chi connectivity index (χ1v) is 8.09. The van der Waals surface area contributed by atoms with Crippen LogP contribution >= 0.6 is 11.6 Å². The Hall–Kier alpha value is -3.45. The standard InChI is InChI=1S/C19H12ClFN2O4/c20-16-11-14(23(25)26)9-10-18(16)27-17-4-2-1-3-15(17)19(24)22-13-7-5-12(21)6-8-13/h1-11H,(H,22,24). The normalized spacial score (nSPS) is 10.3. The summed E-state index contributed by atoms with van der Waals surface area (Å²) in [6.45, 7) is 0. The average molecular weight is 387 g/mol. The molecule has 0 aliphatic carbocycles. The Kier molecular flexibility index (Phi) is 5.33. The number of non-ortho nitro benzene ring substituents is 1. The molecular weight excluding hydrogens is 375 g/mol. The van der Waals surface area contributed by atoms with E-state index in [4.69, 9.17) is 16.3 Å². The second kappa shape index (κ2) is 7.84. The third-order valence-electron chi connectivity index (χ3n) is 3.58. The van der Waals surface area contributed by atoms with Crippen LogP contribution < -0.4 is 10.1 Å². The summed E-state index contributed by atoms with van der Waals surface area (Å²) in [7, 11) is 0. The number of nitro benzene ring substituents is 1. The minimum atomic E-state index is -0.570. The molecule has 0 fully saturated rings. The molecule has 8 heteroatoms. The molecule has 0 bridgehead atoms. The summed E-state index contributed by atoms with van der Waals surface area (Å²) in [4.78, 5) is 22.8. The van der Waals surface area contributed by atoms with Crippen LogP contribution in [0.15, 0.2) is 66.7 Å². The summed E-state index contributed by atoms with van der Waals surface area (Å²) in [6, 6.07) is 15.5. The Morgan fingerprint density at radius 2 is 1.74 bits per heavy atom. The maximum atomic E-state index is 13.0. The molecule has 0 atom stereocenters. The van der Waals surface area contributed by atoms with Gasteiger partial charge in [0.05, 0.1) is 15.5 Å². The van der Waals surface area contributed by atoms with E-state index >= 15 is 0 Å². The molecule has 1 N–H and O–H groups in total. The number of amides is 1. The second-order valence-electron chi connectivity index (χ2n) is 5.43. The van der Waals surface area contributed by atoms with Crippen molar-refractivity contribution in [3.05, 3.63) is 93.2 Å². The fourth-order valence-electron chi connectivity index (χ4n) is 2.28. The molecule has 0 radical (unpaired) electrons. The van der Waals surface area contributed by atoms with E-state index in [2.05, 4.69) is 5.32 Å². The molecule has 0 unspecified atom stereocenters. The molecule has 0 saturated heterocycles. The van der Waals surface area contributed by atoms with Crippen molar-refractivity contribution >= 4 is 28.9 Å². The number of halogens is 2. The number of anilines is 1. The van der Waals surface area contributed by atoms with Crippen LogP contribution in [-0.2, 0) is 0 Å². The van der Waals surface area contributed by atoms with Gasteiger partial charge >= 0.3 is 0 Å². The molecule has 136 valence electrons. The predicted octanol–water partition coefficient (Wildman–Crippen LogP) is 5.43. The first-order chi connectivity index (χ1) is 12.9. The van der Waals surface area contributed by atoms with E-state index < -0.39 is 16.6 Å². The highest BCUT2D eigenvalue weighted by molar-refractivity contribution is 6.32. The van der Waals surface area contributed by atoms with Gasteiger partial charge in [-0.05, 0) is 42.5 Å². The summed E-state index contributed by atoms with van der Waals surface area (Å²) in [5.41, 5.74) is 0.468. The number of ether oxygens (including phenoxy) is 1. The smallest absolute Gasteiger partial charge is 0.271 e. The van der Waals surface area contributed by atoms with Crippen molar-refractivity contribution in [2.75, 3.05) is 5.32 Å². The summed E-state index contributed by atoms with van der Waals surface area (Å²) in [5.74, 6) is -0.489. The van der Waals surface area contributed by atoms with Crippen LogP contribution in [0.1, 0.15) is 10.4 Å². The van der Waals surface area contributed by atoms with Gasteiger partial charge in [0.15, 0.2) is 0 Å². The van der Waals surface area contributed by atoms with Crippen LogP contribution in [0.5, 0.6) is 11.5 Å². The Morgan fingerprint density at radius 3 is 2.41 bits per heavy atom. The first-order valence-electron chi connectivity index (χ1n) is 7.72. The molecule has 0 aliphatic heterocycles. The maximum absolute atomic E-state index is 13.0. The van der Waals surface area contributed by atoms with Crippen LogP contribution in [0.4, 0.5) is 15.8 Å². The summed E-state index contributed by atoms with van der Waals surface area (Å²) < 4.78 is 18.7. The number of carbonyl (C=O) groups excluding carboxylic acids is 1. The van der Waals surface area contributed by atoms with Crippen molar-refractivity contribution in [1.82, 2.24) is 0 Å². The Balaban J connectivity index is 1.84. The zero-order valence-corrected chi connectivity index (χ0v) is 14.4. The number of rotatable bonds is 5. The third-order valence-corrected chi connectivity index (χ3v) is 3.88. The van der Waals surface area contributed by atoms with Gasteiger partial charge in [-0.15, -0.1) is 0 Å². The zero-order valence-electron chi connectivity index (χ0n) is 13.7. The van der Waals surface area contributed by atoms with Crippen LogP contribution in [0.2, 0.25) is 5.02 Å². The summed E-state index contributed by atoms with van der Waals surface area (Å²) >= 11 is 6.03. The number of benzene rings is 3. The summed E-state index contributed by atoms with van der Waals surface area (Å²) in [5, 5.41) is 13.5. The van der Waals surface area contributed by atoms with Gasteiger partial charge in [-0.2, -0.15) is 0 Å². The van der Waals surface area contributed by atoms with E-state index in [0.29, 0.717) is 5.69 Å². The van der Waals surface area contributed by atoms with Gasteiger partial charge in [-0.25, -0.2) is 4.39 Å². The van der Waals surface area contributed by atoms with Gasteiger partial charge in [0.1, 0.15) is 17.3 Å². The summed E-state index contributed by atoms with van der Waals surface area (Å²) in [6.07, 6.45) is 0. The van der Waals surface area contributed by atoms with Crippen molar-refractivity contribution < 1.29 is 18.8 Å². The Bertz CT molecular complexity index is 1010. The molecule has 0 aromatic heterocycles. The largest absolute Gasteiger partial charge is 0.455 e.